The number of hydrogen-bond acceptors (Lipinski definition) is 3. The third kappa shape index (κ3) is 3.77. The maximum absolute atomic E-state index is 4.56. The molecule has 2 aromatic carbocycles. The summed E-state index contributed by atoms with van der Waals surface area (Å²) < 4.78 is 2.02. The average molecular weight is 309 g/mol. The van der Waals surface area contributed by atoms with Gasteiger partial charge in [0.05, 0.1) is 6.54 Å². The highest BCUT2D eigenvalue weighted by Crippen LogP contribution is 2.18. The van der Waals surface area contributed by atoms with Crippen LogP contribution in [0.15, 0.2) is 60.7 Å². The first-order valence-electron chi connectivity index (χ1n) is 7.41. The van der Waals surface area contributed by atoms with Crippen LogP contribution in [0.2, 0.25) is 0 Å². The fourth-order valence-corrected chi connectivity index (χ4v) is 3.20. The standard InChI is InChI=1S/C18H19N3S/c1-15-19-18(17-10-6-3-7-11-17)21(20-15)12-13-22-14-16-8-4-2-5-9-16/h2-11H,12-14H2,1H3. The van der Waals surface area contributed by atoms with Gasteiger partial charge in [-0.1, -0.05) is 60.7 Å². The zero-order valence-corrected chi connectivity index (χ0v) is 13.5. The van der Waals surface area contributed by atoms with E-state index >= 15 is 0 Å². The number of nitrogens with zero attached hydrogens (tertiary/aromatic N) is 3. The largest absolute Gasteiger partial charge is 0.245 e. The van der Waals surface area contributed by atoms with E-state index < -0.39 is 0 Å². The SMILES string of the molecule is Cc1nc(-c2ccccc2)n(CCSCc2ccccc2)n1. The van der Waals surface area contributed by atoms with Gasteiger partial charge >= 0.3 is 0 Å². The van der Waals surface area contributed by atoms with Gasteiger partial charge in [-0.3, -0.25) is 0 Å². The van der Waals surface area contributed by atoms with Crippen molar-refractivity contribution < 1.29 is 0 Å². The molecule has 0 aliphatic heterocycles. The molecule has 0 N–H and O–H groups in total. The molecule has 0 spiro atoms. The van der Waals surface area contributed by atoms with Gasteiger partial charge in [-0.25, -0.2) is 9.67 Å². The summed E-state index contributed by atoms with van der Waals surface area (Å²) in [4.78, 5) is 4.56. The second-order valence-corrected chi connectivity index (χ2v) is 6.22. The van der Waals surface area contributed by atoms with Crippen LogP contribution in [0.25, 0.3) is 11.4 Å². The predicted molar refractivity (Wildman–Crippen MR) is 92.8 cm³/mol. The molecule has 0 amide bonds. The summed E-state index contributed by atoms with van der Waals surface area (Å²) in [5.74, 6) is 3.84. The van der Waals surface area contributed by atoms with Crippen LogP contribution in [0.4, 0.5) is 0 Å². The Hall–Kier alpha value is -2.07. The topological polar surface area (TPSA) is 30.7 Å². The van der Waals surface area contributed by atoms with E-state index in [1.54, 1.807) is 0 Å². The summed E-state index contributed by atoms with van der Waals surface area (Å²) in [5.41, 5.74) is 2.49. The summed E-state index contributed by atoms with van der Waals surface area (Å²) in [5, 5.41) is 4.52. The minimum Gasteiger partial charge on any atom is -0.245 e. The quantitative estimate of drug-likeness (QED) is 0.640. The van der Waals surface area contributed by atoms with E-state index in [2.05, 4.69) is 52.5 Å². The van der Waals surface area contributed by atoms with E-state index in [1.807, 2.05) is 41.6 Å². The van der Waals surface area contributed by atoms with E-state index in [1.165, 1.54) is 5.56 Å². The van der Waals surface area contributed by atoms with Gasteiger partial charge in [-0.15, -0.1) is 0 Å². The van der Waals surface area contributed by atoms with Crippen molar-refractivity contribution in [1.82, 2.24) is 14.8 Å². The van der Waals surface area contributed by atoms with Crippen molar-refractivity contribution in [3.05, 3.63) is 72.1 Å². The molecule has 0 bridgehead atoms. The monoisotopic (exact) mass is 309 g/mol. The number of benzene rings is 2. The minimum absolute atomic E-state index is 0.826. The third-order valence-electron chi connectivity index (χ3n) is 3.37. The average Bonchev–Trinajstić information content (AvgIpc) is 2.94. The number of aryl methyl sites for hydroxylation is 2. The Morgan fingerprint density at radius 3 is 2.36 bits per heavy atom. The van der Waals surface area contributed by atoms with Gasteiger partial charge in [0.2, 0.25) is 0 Å². The van der Waals surface area contributed by atoms with Crippen LogP contribution in [-0.4, -0.2) is 20.5 Å². The number of rotatable bonds is 6. The molecule has 22 heavy (non-hydrogen) atoms. The summed E-state index contributed by atoms with van der Waals surface area (Å²) in [6.07, 6.45) is 0. The molecule has 1 aromatic heterocycles. The van der Waals surface area contributed by atoms with Crippen molar-refractivity contribution in [2.75, 3.05) is 5.75 Å². The molecule has 3 aromatic rings. The first-order valence-corrected chi connectivity index (χ1v) is 8.57. The molecule has 0 aliphatic carbocycles. The van der Waals surface area contributed by atoms with Gasteiger partial charge in [-0.05, 0) is 12.5 Å². The van der Waals surface area contributed by atoms with Crippen LogP contribution in [0.1, 0.15) is 11.4 Å². The zero-order valence-electron chi connectivity index (χ0n) is 12.6. The number of aromatic nitrogens is 3. The van der Waals surface area contributed by atoms with Crippen molar-refractivity contribution in [3.8, 4) is 11.4 Å². The molecule has 4 heteroatoms. The lowest BCUT2D eigenvalue weighted by Crippen LogP contribution is -2.05. The molecular formula is C18H19N3S. The summed E-state index contributed by atoms with van der Waals surface area (Å²) in [7, 11) is 0. The number of hydrogen-bond donors (Lipinski definition) is 0. The molecule has 3 rings (SSSR count). The van der Waals surface area contributed by atoms with Crippen LogP contribution < -0.4 is 0 Å². The highest BCUT2D eigenvalue weighted by Gasteiger charge is 2.09. The first-order chi connectivity index (χ1) is 10.8. The van der Waals surface area contributed by atoms with E-state index in [0.29, 0.717) is 0 Å². The van der Waals surface area contributed by atoms with Gasteiger partial charge in [0.1, 0.15) is 5.82 Å². The molecule has 0 atom stereocenters. The fraction of sp³-hybridized carbons (Fsp3) is 0.222. The smallest absolute Gasteiger partial charge is 0.158 e. The van der Waals surface area contributed by atoms with Crippen molar-refractivity contribution in [2.24, 2.45) is 0 Å². The molecule has 112 valence electrons. The highest BCUT2D eigenvalue weighted by atomic mass is 32.2. The lowest BCUT2D eigenvalue weighted by atomic mass is 10.2. The van der Waals surface area contributed by atoms with Gasteiger partial charge in [0.25, 0.3) is 0 Å². The second kappa shape index (κ2) is 7.27. The Kier molecular flexibility index (Phi) is 4.91. The van der Waals surface area contributed by atoms with Crippen LogP contribution in [0.3, 0.4) is 0 Å². The normalized spacial score (nSPS) is 10.8. The van der Waals surface area contributed by atoms with Crippen molar-refractivity contribution in [1.29, 1.82) is 0 Å². The fourth-order valence-electron chi connectivity index (χ4n) is 2.33. The Balaban J connectivity index is 1.61. The maximum atomic E-state index is 4.56. The molecule has 0 aliphatic rings. The Labute approximate surface area is 135 Å². The van der Waals surface area contributed by atoms with Crippen molar-refractivity contribution in [3.63, 3.8) is 0 Å². The maximum Gasteiger partial charge on any atom is 0.158 e. The van der Waals surface area contributed by atoms with Crippen LogP contribution in [0, 0.1) is 6.92 Å². The molecule has 0 radical (unpaired) electrons. The summed E-state index contributed by atoms with van der Waals surface area (Å²) in [6.45, 7) is 2.82. The minimum atomic E-state index is 0.826. The Morgan fingerprint density at radius 2 is 1.64 bits per heavy atom. The molecule has 0 saturated carbocycles. The van der Waals surface area contributed by atoms with Crippen molar-refractivity contribution >= 4 is 11.8 Å². The van der Waals surface area contributed by atoms with Gasteiger partial charge in [-0.2, -0.15) is 16.9 Å². The lowest BCUT2D eigenvalue weighted by Gasteiger charge is -2.06. The lowest BCUT2D eigenvalue weighted by molar-refractivity contribution is 0.666. The Bertz CT molecular complexity index is 708. The Morgan fingerprint density at radius 1 is 0.955 bits per heavy atom. The highest BCUT2D eigenvalue weighted by molar-refractivity contribution is 7.98. The van der Waals surface area contributed by atoms with E-state index in [-0.39, 0.29) is 0 Å². The van der Waals surface area contributed by atoms with Crippen LogP contribution in [0.5, 0.6) is 0 Å². The molecule has 0 saturated heterocycles. The van der Waals surface area contributed by atoms with Gasteiger partial charge < -0.3 is 0 Å². The number of thioether (sulfide) groups is 1. The van der Waals surface area contributed by atoms with Crippen molar-refractivity contribution in [2.45, 2.75) is 19.2 Å². The van der Waals surface area contributed by atoms with E-state index in [9.17, 15) is 0 Å². The van der Waals surface area contributed by atoms with Gasteiger partial charge in [0.15, 0.2) is 5.82 Å². The predicted octanol–water partition coefficient (Wildman–Crippen LogP) is 4.19. The van der Waals surface area contributed by atoms with E-state index in [4.69, 9.17) is 0 Å². The summed E-state index contributed by atoms with van der Waals surface area (Å²) >= 11 is 1.93. The molecule has 1 heterocycles. The summed E-state index contributed by atoms with van der Waals surface area (Å²) in [6, 6.07) is 20.8. The first kappa shape index (κ1) is 14.9. The third-order valence-corrected chi connectivity index (χ3v) is 4.38. The van der Waals surface area contributed by atoms with Crippen LogP contribution >= 0.6 is 11.8 Å². The van der Waals surface area contributed by atoms with Gasteiger partial charge in [0, 0.05) is 17.1 Å². The molecule has 3 nitrogen and oxygen atoms in total. The molecular weight excluding hydrogens is 290 g/mol. The molecule has 0 fully saturated rings. The second-order valence-electron chi connectivity index (χ2n) is 5.11. The van der Waals surface area contributed by atoms with Crippen LogP contribution in [-0.2, 0) is 12.3 Å². The zero-order chi connectivity index (χ0) is 15.2. The van der Waals surface area contributed by atoms with E-state index in [0.717, 1.165) is 35.3 Å². The molecule has 0 unspecified atom stereocenters.